The van der Waals surface area contributed by atoms with E-state index in [1.807, 2.05) is 39.4 Å². The van der Waals surface area contributed by atoms with Gasteiger partial charge in [0.05, 0.1) is 12.1 Å². The Morgan fingerprint density at radius 2 is 1.58 bits per heavy atom. The summed E-state index contributed by atoms with van der Waals surface area (Å²) in [7, 11) is 1.68. The highest BCUT2D eigenvalue weighted by atomic mass is 16.2. The molecule has 4 N–H and O–H groups in total. The van der Waals surface area contributed by atoms with Crippen molar-refractivity contribution in [3.05, 3.63) is 12.7 Å². The van der Waals surface area contributed by atoms with Gasteiger partial charge < -0.3 is 31.0 Å². The first kappa shape index (κ1) is 39.9. The van der Waals surface area contributed by atoms with Crippen LogP contribution in [0.25, 0.3) is 0 Å². The van der Waals surface area contributed by atoms with Crippen LogP contribution < -0.4 is 21.3 Å². The largest absolute Gasteiger partial charge is 0.346 e. The Bertz CT molecular complexity index is 912. The van der Waals surface area contributed by atoms with Gasteiger partial charge in [0.15, 0.2) is 5.78 Å². The summed E-state index contributed by atoms with van der Waals surface area (Å²) in [5.41, 5.74) is -0.409. The minimum atomic E-state index is -0.614. The van der Waals surface area contributed by atoms with Crippen molar-refractivity contribution < 1.29 is 28.8 Å². The number of hydrogen-bond donors (Lipinski definition) is 4. The molecule has 2 aliphatic rings. The maximum absolute atomic E-state index is 13.1. The standard InChI is InChI=1S/C21H37N3O3.C10H18N2O2.CH2O/c1-14-10-9-13-24(14)19(26)18(21(3,4)5)23-20(27)22-17(15(2)25)16-11-7-6-8-12-16;1-4-6-8(11-3)9(13)10(14)12-7-5-2;1-2/h14,16-18H,6-13H2,1-5H3,(H2,22,23,27);5,8,11H,2,4,6-7H2,1,3H3,(H,12,14);1H2. The van der Waals surface area contributed by atoms with Crippen LogP contribution in [0.1, 0.15) is 99.3 Å². The van der Waals surface area contributed by atoms with Gasteiger partial charge in [-0.1, -0.05) is 59.5 Å². The third kappa shape index (κ3) is 13.8. The molecule has 1 saturated carbocycles. The van der Waals surface area contributed by atoms with Gasteiger partial charge in [0.1, 0.15) is 12.8 Å². The van der Waals surface area contributed by atoms with Gasteiger partial charge in [-0.25, -0.2) is 4.79 Å². The van der Waals surface area contributed by atoms with Crippen LogP contribution in [0.2, 0.25) is 0 Å². The van der Waals surface area contributed by atoms with Crippen LogP contribution in [-0.4, -0.2) is 85.4 Å². The monoisotopic (exact) mass is 607 g/mol. The zero-order chi connectivity index (χ0) is 33.2. The maximum Gasteiger partial charge on any atom is 0.316 e. The lowest BCUT2D eigenvalue weighted by molar-refractivity contribution is -0.139. The van der Waals surface area contributed by atoms with Gasteiger partial charge in [-0.3, -0.25) is 19.2 Å². The molecule has 0 aromatic heterocycles. The summed E-state index contributed by atoms with van der Waals surface area (Å²) >= 11 is 0. The summed E-state index contributed by atoms with van der Waals surface area (Å²) < 4.78 is 0. The Morgan fingerprint density at radius 1 is 0.977 bits per heavy atom. The number of hydrogen-bond acceptors (Lipinski definition) is 7. The van der Waals surface area contributed by atoms with Gasteiger partial charge in [0, 0.05) is 19.1 Å². The number of Topliss-reactive ketones (excluding diaryl/α,β-unsaturated/α-hetero) is 2. The van der Waals surface area contributed by atoms with E-state index in [4.69, 9.17) is 4.79 Å². The molecule has 1 aliphatic carbocycles. The number of rotatable bonds is 12. The Balaban J connectivity index is 0.000000934. The fraction of sp³-hybridized carbons (Fsp3) is 0.750. The average molecular weight is 608 g/mol. The summed E-state index contributed by atoms with van der Waals surface area (Å²) in [5, 5.41) is 11.0. The number of likely N-dealkylation sites (tertiary alicyclic amines) is 1. The van der Waals surface area contributed by atoms with E-state index in [9.17, 15) is 24.0 Å². The van der Waals surface area contributed by atoms with Gasteiger partial charge >= 0.3 is 6.03 Å². The molecule has 11 nitrogen and oxygen atoms in total. The van der Waals surface area contributed by atoms with Crippen LogP contribution in [0.4, 0.5) is 4.79 Å². The van der Waals surface area contributed by atoms with Crippen molar-refractivity contribution in [2.75, 3.05) is 20.1 Å². The van der Waals surface area contributed by atoms with Gasteiger partial charge in [-0.2, -0.15) is 0 Å². The highest BCUT2D eigenvalue weighted by molar-refractivity contribution is 6.38. The van der Waals surface area contributed by atoms with Crippen molar-refractivity contribution >= 4 is 36.2 Å². The Morgan fingerprint density at radius 3 is 2.02 bits per heavy atom. The Labute approximate surface area is 258 Å². The molecule has 4 unspecified atom stereocenters. The first-order valence-electron chi connectivity index (χ1n) is 15.5. The number of urea groups is 1. The van der Waals surface area contributed by atoms with Crippen LogP contribution in [0.15, 0.2) is 12.7 Å². The number of carbonyl (C=O) groups excluding carboxylic acids is 6. The molecule has 4 amide bonds. The number of nitrogens with zero attached hydrogens (tertiary/aromatic N) is 1. The van der Waals surface area contributed by atoms with Gasteiger partial charge in [-0.15, -0.1) is 6.58 Å². The third-order valence-corrected chi connectivity index (χ3v) is 7.94. The van der Waals surface area contributed by atoms with Crippen molar-refractivity contribution in [1.82, 2.24) is 26.2 Å². The molecule has 0 aromatic carbocycles. The number of amides is 4. The predicted molar refractivity (Wildman–Crippen MR) is 169 cm³/mol. The smallest absolute Gasteiger partial charge is 0.316 e. The van der Waals surface area contributed by atoms with Crippen LogP contribution >= 0.6 is 0 Å². The van der Waals surface area contributed by atoms with Crippen LogP contribution in [0, 0.1) is 11.3 Å². The van der Waals surface area contributed by atoms with Crippen LogP contribution in [0.5, 0.6) is 0 Å². The van der Waals surface area contributed by atoms with Crippen LogP contribution in [-0.2, 0) is 24.0 Å². The lowest BCUT2D eigenvalue weighted by Crippen LogP contribution is -2.59. The number of carbonyl (C=O) groups is 6. The molecule has 4 atom stereocenters. The summed E-state index contributed by atoms with van der Waals surface area (Å²) in [6.07, 6.45) is 10.4. The second kappa shape index (κ2) is 20.8. The Hall–Kier alpha value is -3.08. The molecule has 1 saturated heterocycles. The third-order valence-electron chi connectivity index (χ3n) is 7.94. The van der Waals surface area contributed by atoms with Gasteiger partial charge in [-0.05, 0) is 64.3 Å². The molecule has 0 spiro atoms. The fourth-order valence-corrected chi connectivity index (χ4v) is 5.51. The lowest BCUT2D eigenvalue weighted by Gasteiger charge is -2.36. The van der Waals surface area contributed by atoms with E-state index < -0.39 is 35.2 Å². The molecular weight excluding hydrogens is 550 g/mol. The van der Waals surface area contributed by atoms with Crippen LogP contribution in [0.3, 0.4) is 0 Å². The van der Waals surface area contributed by atoms with E-state index in [2.05, 4.69) is 34.8 Å². The summed E-state index contributed by atoms with van der Waals surface area (Å²) in [4.78, 5) is 70.5. The number of likely N-dealkylation sites (N-methyl/N-ethyl adjacent to an activating group) is 1. The molecular formula is C32H57N5O6. The molecule has 11 heteroatoms. The minimum Gasteiger partial charge on any atom is -0.346 e. The first-order chi connectivity index (χ1) is 20.3. The molecule has 43 heavy (non-hydrogen) atoms. The van der Waals surface area contributed by atoms with E-state index in [0.717, 1.165) is 51.5 Å². The zero-order valence-electron chi connectivity index (χ0n) is 27.6. The summed E-state index contributed by atoms with van der Waals surface area (Å²) in [6, 6.07) is -1.66. The Kier molecular flexibility index (Phi) is 19.3. The van der Waals surface area contributed by atoms with Crippen molar-refractivity contribution in [3.8, 4) is 0 Å². The van der Waals surface area contributed by atoms with Gasteiger partial charge in [0.2, 0.25) is 11.7 Å². The molecule has 0 radical (unpaired) electrons. The molecule has 1 heterocycles. The van der Waals surface area contributed by atoms with Gasteiger partial charge in [0.25, 0.3) is 5.91 Å². The van der Waals surface area contributed by atoms with Crippen molar-refractivity contribution in [3.63, 3.8) is 0 Å². The van der Waals surface area contributed by atoms with E-state index in [1.54, 1.807) is 13.1 Å². The number of ketones is 2. The quantitative estimate of drug-likeness (QED) is 0.196. The second-order valence-corrected chi connectivity index (χ2v) is 12.4. The molecule has 2 fully saturated rings. The predicted octanol–water partition coefficient (Wildman–Crippen LogP) is 3.31. The normalized spacial score (nSPS) is 18.8. The summed E-state index contributed by atoms with van der Waals surface area (Å²) in [6.45, 7) is 18.0. The maximum atomic E-state index is 13.1. The summed E-state index contributed by atoms with van der Waals surface area (Å²) in [5.74, 6) is -0.790. The zero-order valence-corrected chi connectivity index (χ0v) is 27.6. The van der Waals surface area contributed by atoms with Crippen molar-refractivity contribution in [2.45, 2.75) is 123 Å². The SMILES string of the molecule is C=CCNC(=O)C(=O)C(CCC)NC.C=O.CC(=O)C(NC(=O)NC(C(=O)N1CCCC1C)C(C)(C)C)C1CCCCC1. The highest BCUT2D eigenvalue weighted by Gasteiger charge is 2.39. The topological polar surface area (TPSA) is 154 Å². The van der Waals surface area contributed by atoms with Crippen molar-refractivity contribution in [1.29, 1.82) is 0 Å². The van der Waals surface area contributed by atoms with Crippen molar-refractivity contribution in [2.24, 2.45) is 11.3 Å². The van der Waals surface area contributed by atoms with E-state index in [1.165, 1.54) is 13.3 Å². The van der Waals surface area contributed by atoms with E-state index >= 15 is 0 Å². The number of nitrogens with one attached hydrogen (secondary N) is 4. The molecule has 0 aromatic rings. The molecule has 1 aliphatic heterocycles. The average Bonchev–Trinajstić information content (AvgIpc) is 3.42. The fourth-order valence-electron chi connectivity index (χ4n) is 5.51. The van der Waals surface area contributed by atoms with E-state index in [-0.39, 0.29) is 29.7 Å². The minimum absolute atomic E-state index is 0.0103. The molecule has 0 bridgehead atoms. The highest BCUT2D eigenvalue weighted by Crippen LogP contribution is 2.28. The lowest BCUT2D eigenvalue weighted by atomic mass is 9.82. The molecule has 246 valence electrons. The second-order valence-electron chi connectivity index (χ2n) is 12.4. The van der Waals surface area contributed by atoms with E-state index in [0.29, 0.717) is 13.0 Å². The first-order valence-corrected chi connectivity index (χ1v) is 15.5. The molecule has 2 rings (SSSR count).